The minimum atomic E-state index is 0. The molecule has 3 aliphatic rings. The van der Waals surface area contributed by atoms with Gasteiger partial charge in [-0.15, -0.1) is 0 Å². The van der Waals surface area contributed by atoms with Gasteiger partial charge in [-0.05, 0) is 73.5 Å². The number of methoxy groups -OCH3 is 1. The van der Waals surface area contributed by atoms with E-state index in [1.807, 2.05) is 0 Å². The molecule has 3 unspecified atom stereocenters. The molecular weight excluding hydrogens is 320 g/mol. The van der Waals surface area contributed by atoms with Crippen LogP contribution in [-0.2, 0) is 29.5 Å². The first-order valence-corrected chi connectivity index (χ1v) is 10.3. The summed E-state index contributed by atoms with van der Waals surface area (Å²) in [5.74, 6) is 2.37. The third-order valence-corrected chi connectivity index (χ3v) is 7.67. The monoisotopic (exact) mass is 352 g/mol. The molecule has 0 bridgehead atoms. The SMILES string of the molecule is COCCn1ncc2c1[C@@]1(C)CCC3c4ccc(C)cc4CCC3C1C2.[HH]. The van der Waals surface area contributed by atoms with Crippen molar-refractivity contribution >= 4 is 0 Å². The van der Waals surface area contributed by atoms with E-state index in [1.165, 1.54) is 48.9 Å². The van der Waals surface area contributed by atoms with E-state index in [-0.39, 0.29) is 1.43 Å². The van der Waals surface area contributed by atoms with Crippen LogP contribution in [0.25, 0.3) is 0 Å². The van der Waals surface area contributed by atoms with Gasteiger partial charge in [0, 0.05) is 19.6 Å². The van der Waals surface area contributed by atoms with Crippen molar-refractivity contribution in [3.63, 3.8) is 0 Å². The summed E-state index contributed by atoms with van der Waals surface area (Å²) in [6.45, 7) is 6.37. The normalized spacial score (nSPS) is 31.9. The lowest BCUT2D eigenvalue weighted by Gasteiger charge is -2.49. The minimum Gasteiger partial charge on any atom is -0.383 e. The molecule has 0 radical (unpaired) electrons. The van der Waals surface area contributed by atoms with Crippen LogP contribution in [-0.4, -0.2) is 23.5 Å². The van der Waals surface area contributed by atoms with Gasteiger partial charge in [0.2, 0.25) is 0 Å². The molecule has 0 aliphatic heterocycles. The summed E-state index contributed by atoms with van der Waals surface area (Å²) in [4.78, 5) is 0. The van der Waals surface area contributed by atoms with E-state index in [2.05, 4.69) is 42.9 Å². The highest BCUT2D eigenvalue weighted by atomic mass is 16.5. The molecule has 1 saturated carbocycles. The molecule has 1 aromatic heterocycles. The lowest BCUT2D eigenvalue weighted by Crippen LogP contribution is -2.44. The second kappa shape index (κ2) is 5.95. The molecule has 5 rings (SSSR count). The van der Waals surface area contributed by atoms with Crippen molar-refractivity contribution in [2.24, 2.45) is 11.8 Å². The van der Waals surface area contributed by atoms with Crippen LogP contribution in [0.2, 0.25) is 0 Å². The molecule has 26 heavy (non-hydrogen) atoms. The smallest absolute Gasteiger partial charge is 0.0658 e. The number of aryl methyl sites for hydroxylation is 2. The predicted molar refractivity (Wildman–Crippen MR) is 106 cm³/mol. The molecule has 2 aromatic rings. The second-order valence-electron chi connectivity index (χ2n) is 9.01. The third-order valence-electron chi connectivity index (χ3n) is 7.67. The first kappa shape index (κ1) is 16.6. The van der Waals surface area contributed by atoms with Gasteiger partial charge in [-0.25, -0.2) is 0 Å². The Hall–Kier alpha value is -1.61. The van der Waals surface area contributed by atoms with Gasteiger partial charge in [-0.3, -0.25) is 4.68 Å². The van der Waals surface area contributed by atoms with Crippen molar-refractivity contribution < 1.29 is 6.16 Å². The molecule has 1 aromatic carbocycles. The highest BCUT2D eigenvalue weighted by Crippen LogP contribution is 2.59. The average Bonchev–Trinajstić information content (AvgIpc) is 3.17. The molecule has 0 N–H and O–H groups in total. The van der Waals surface area contributed by atoms with Crippen LogP contribution >= 0.6 is 0 Å². The van der Waals surface area contributed by atoms with Crippen LogP contribution in [0.15, 0.2) is 24.4 Å². The van der Waals surface area contributed by atoms with Crippen molar-refractivity contribution in [2.45, 2.75) is 63.8 Å². The number of hydrogen-bond acceptors (Lipinski definition) is 2. The third kappa shape index (κ3) is 2.26. The maximum absolute atomic E-state index is 5.32. The molecule has 3 nitrogen and oxygen atoms in total. The Bertz CT molecular complexity index is 845. The van der Waals surface area contributed by atoms with E-state index < -0.39 is 0 Å². The van der Waals surface area contributed by atoms with Gasteiger partial charge in [0.15, 0.2) is 0 Å². The van der Waals surface area contributed by atoms with Crippen molar-refractivity contribution in [1.29, 1.82) is 0 Å². The molecule has 3 heteroatoms. The number of nitrogens with zero attached hydrogens (tertiary/aromatic N) is 2. The highest BCUT2D eigenvalue weighted by molar-refractivity contribution is 5.41. The van der Waals surface area contributed by atoms with Crippen LogP contribution < -0.4 is 0 Å². The zero-order valence-electron chi connectivity index (χ0n) is 16.3. The van der Waals surface area contributed by atoms with E-state index >= 15 is 0 Å². The van der Waals surface area contributed by atoms with E-state index in [9.17, 15) is 0 Å². The molecule has 1 fully saturated rings. The van der Waals surface area contributed by atoms with Gasteiger partial charge in [0.1, 0.15) is 0 Å². The number of benzene rings is 1. The lowest BCUT2D eigenvalue weighted by atomic mass is 9.55. The number of aromatic nitrogens is 2. The number of fused-ring (bicyclic) bond motifs is 7. The predicted octanol–water partition coefficient (Wildman–Crippen LogP) is 4.65. The Labute approximate surface area is 158 Å². The quantitative estimate of drug-likeness (QED) is 0.804. The Kier molecular flexibility index (Phi) is 3.79. The maximum atomic E-state index is 5.32. The van der Waals surface area contributed by atoms with Crippen LogP contribution in [0.3, 0.4) is 0 Å². The summed E-state index contributed by atoms with van der Waals surface area (Å²) in [7, 11) is 1.78. The summed E-state index contributed by atoms with van der Waals surface area (Å²) in [5, 5.41) is 4.70. The Balaban J connectivity index is 0.00000180. The summed E-state index contributed by atoms with van der Waals surface area (Å²) in [6, 6.07) is 7.19. The van der Waals surface area contributed by atoms with Crippen molar-refractivity contribution in [1.82, 2.24) is 9.78 Å². The molecule has 140 valence electrons. The maximum Gasteiger partial charge on any atom is 0.0658 e. The molecular formula is C23H32N2O. The first-order chi connectivity index (χ1) is 12.6. The Morgan fingerprint density at radius 1 is 1.31 bits per heavy atom. The van der Waals surface area contributed by atoms with Gasteiger partial charge in [0.05, 0.1) is 19.3 Å². The van der Waals surface area contributed by atoms with Crippen molar-refractivity contribution in [3.05, 3.63) is 52.3 Å². The second-order valence-corrected chi connectivity index (χ2v) is 9.01. The van der Waals surface area contributed by atoms with E-state index in [0.29, 0.717) is 5.41 Å². The van der Waals surface area contributed by atoms with Gasteiger partial charge in [-0.1, -0.05) is 30.7 Å². The Morgan fingerprint density at radius 2 is 2.19 bits per heavy atom. The number of hydrogen-bond donors (Lipinski definition) is 0. The first-order valence-electron chi connectivity index (χ1n) is 10.3. The van der Waals surface area contributed by atoms with E-state index in [1.54, 1.807) is 18.2 Å². The van der Waals surface area contributed by atoms with Crippen LogP contribution in [0.5, 0.6) is 0 Å². The molecule has 1 heterocycles. The summed E-state index contributed by atoms with van der Waals surface area (Å²) >= 11 is 0. The minimum absolute atomic E-state index is 0. The van der Waals surface area contributed by atoms with E-state index in [0.717, 1.165) is 30.9 Å². The summed E-state index contributed by atoms with van der Waals surface area (Å²) < 4.78 is 7.57. The summed E-state index contributed by atoms with van der Waals surface area (Å²) in [6.07, 6.45) is 8.60. The van der Waals surface area contributed by atoms with Crippen LogP contribution in [0, 0.1) is 18.8 Å². The van der Waals surface area contributed by atoms with E-state index in [4.69, 9.17) is 9.84 Å². The fourth-order valence-electron chi connectivity index (χ4n) is 6.52. The summed E-state index contributed by atoms with van der Waals surface area (Å²) in [5.41, 5.74) is 8.01. The topological polar surface area (TPSA) is 27.1 Å². The van der Waals surface area contributed by atoms with Gasteiger partial charge >= 0.3 is 0 Å². The molecule has 4 atom stereocenters. The van der Waals surface area contributed by atoms with Crippen molar-refractivity contribution in [3.8, 4) is 0 Å². The Morgan fingerprint density at radius 3 is 3.04 bits per heavy atom. The fourth-order valence-corrected chi connectivity index (χ4v) is 6.52. The molecule has 0 amide bonds. The molecule has 0 saturated heterocycles. The zero-order valence-corrected chi connectivity index (χ0v) is 16.3. The van der Waals surface area contributed by atoms with Gasteiger partial charge in [0.25, 0.3) is 0 Å². The average molecular weight is 353 g/mol. The van der Waals surface area contributed by atoms with Gasteiger partial charge < -0.3 is 4.74 Å². The number of ether oxygens (including phenoxy) is 1. The number of rotatable bonds is 3. The van der Waals surface area contributed by atoms with Gasteiger partial charge in [-0.2, -0.15) is 5.10 Å². The molecule has 3 aliphatic carbocycles. The standard InChI is InChI=1S/C23H30N2O.H2/c1-15-4-6-18-16(12-15)5-7-20-19(18)8-9-23(2)21(20)13-17-14-24-25(22(17)23)10-11-26-3;/h4,6,12,14,19-21H,5,7-11,13H2,1-3H3;1H/t19?,20?,21?,23-;/m0./s1. The lowest BCUT2D eigenvalue weighted by molar-refractivity contribution is 0.0978. The van der Waals surface area contributed by atoms with Crippen LogP contribution in [0.4, 0.5) is 0 Å². The molecule has 0 spiro atoms. The fraction of sp³-hybridized carbons (Fsp3) is 0.609. The highest BCUT2D eigenvalue weighted by Gasteiger charge is 2.54. The largest absolute Gasteiger partial charge is 0.383 e. The van der Waals surface area contributed by atoms with Crippen molar-refractivity contribution in [2.75, 3.05) is 13.7 Å². The van der Waals surface area contributed by atoms with Crippen LogP contribution in [0.1, 0.15) is 61.5 Å². The zero-order chi connectivity index (χ0) is 17.9.